The van der Waals surface area contributed by atoms with Crippen molar-refractivity contribution in [3.05, 3.63) is 41.5 Å². The van der Waals surface area contributed by atoms with Crippen molar-refractivity contribution in [2.24, 2.45) is 0 Å². The quantitative estimate of drug-likeness (QED) is 0.247. The van der Waals surface area contributed by atoms with Crippen LogP contribution in [0.1, 0.15) is 61.9 Å². The Bertz CT molecular complexity index is 997. The summed E-state index contributed by atoms with van der Waals surface area (Å²) < 4.78 is 5.54. The second-order valence-corrected chi connectivity index (χ2v) is 14.0. The van der Waals surface area contributed by atoms with E-state index in [9.17, 15) is 4.79 Å². The first-order chi connectivity index (χ1) is 13.9. The molecule has 0 amide bonds. The fourth-order valence-electron chi connectivity index (χ4n) is 4.24. The summed E-state index contributed by atoms with van der Waals surface area (Å²) >= 11 is 0. The SMILES string of the molecule is CCCCCCCc1c(C(=O)OCC)c([Si](C)(C)C)cc2c1[nH]c1ccccc12. The fraction of sp³-hybridized carbons (Fsp3) is 0.480. The number of hydrogen-bond donors (Lipinski definition) is 1. The number of rotatable bonds is 9. The highest BCUT2D eigenvalue weighted by molar-refractivity contribution is 6.89. The van der Waals surface area contributed by atoms with Crippen molar-refractivity contribution in [2.45, 2.75) is 72.0 Å². The number of carbonyl (C=O) groups excluding carboxylic acids is 1. The zero-order valence-corrected chi connectivity index (χ0v) is 19.7. The minimum absolute atomic E-state index is 0.158. The number of unbranched alkanes of at least 4 members (excludes halogenated alkanes) is 4. The lowest BCUT2D eigenvalue weighted by Crippen LogP contribution is -2.42. The molecule has 29 heavy (non-hydrogen) atoms. The molecular weight excluding hydrogens is 374 g/mol. The van der Waals surface area contributed by atoms with Crippen LogP contribution in [0, 0.1) is 0 Å². The Hall–Kier alpha value is -2.07. The van der Waals surface area contributed by atoms with Crippen LogP contribution >= 0.6 is 0 Å². The monoisotopic (exact) mass is 409 g/mol. The second kappa shape index (κ2) is 9.16. The van der Waals surface area contributed by atoms with Crippen molar-refractivity contribution < 1.29 is 9.53 Å². The number of para-hydroxylation sites is 1. The zero-order chi connectivity index (χ0) is 21.0. The van der Waals surface area contributed by atoms with Crippen LogP contribution in [0.3, 0.4) is 0 Å². The molecule has 0 unspecified atom stereocenters. The number of ether oxygens (including phenoxy) is 1. The summed E-state index contributed by atoms with van der Waals surface area (Å²) in [6.07, 6.45) is 7.00. The van der Waals surface area contributed by atoms with Gasteiger partial charge in [0.1, 0.15) is 0 Å². The van der Waals surface area contributed by atoms with Crippen LogP contribution in [-0.2, 0) is 11.2 Å². The maximum absolute atomic E-state index is 13.1. The van der Waals surface area contributed by atoms with Crippen LogP contribution in [0.5, 0.6) is 0 Å². The third-order valence-electron chi connectivity index (χ3n) is 5.73. The first kappa shape index (κ1) is 21.6. The van der Waals surface area contributed by atoms with Crippen LogP contribution in [0.2, 0.25) is 19.6 Å². The molecule has 0 radical (unpaired) electrons. The van der Waals surface area contributed by atoms with Gasteiger partial charge >= 0.3 is 5.97 Å². The first-order valence-corrected chi connectivity index (χ1v) is 14.6. The van der Waals surface area contributed by atoms with Gasteiger partial charge in [-0.05, 0) is 36.6 Å². The van der Waals surface area contributed by atoms with Gasteiger partial charge in [-0.1, -0.05) is 76.5 Å². The molecule has 0 fully saturated rings. The Kier molecular flexibility index (Phi) is 6.84. The highest BCUT2D eigenvalue weighted by Crippen LogP contribution is 2.31. The Balaban J connectivity index is 2.22. The number of H-pyrrole nitrogens is 1. The molecule has 0 aliphatic rings. The summed E-state index contributed by atoms with van der Waals surface area (Å²) in [5.41, 5.74) is 4.25. The predicted molar refractivity (Wildman–Crippen MR) is 127 cm³/mol. The third-order valence-corrected chi connectivity index (χ3v) is 7.74. The topological polar surface area (TPSA) is 42.1 Å². The molecule has 0 atom stereocenters. The van der Waals surface area contributed by atoms with E-state index >= 15 is 0 Å². The van der Waals surface area contributed by atoms with Crippen molar-refractivity contribution >= 4 is 41.0 Å². The highest BCUT2D eigenvalue weighted by Gasteiger charge is 2.29. The van der Waals surface area contributed by atoms with Crippen molar-refractivity contribution in [1.82, 2.24) is 4.98 Å². The van der Waals surface area contributed by atoms with E-state index in [0.717, 1.165) is 35.0 Å². The lowest BCUT2D eigenvalue weighted by atomic mass is 9.97. The van der Waals surface area contributed by atoms with Gasteiger partial charge < -0.3 is 9.72 Å². The average molecular weight is 410 g/mol. The molecule has 156 valence electrons. The van der Waals surface area contributed by atoms with Crippen LogP contribution in [0.4, 0.5) is 0 Å². The molecule has 0 aliphatic heterocycles. The van der Waals surface area contributed by atoms with E-state index in [4.69, 9.17) is 4.74 Å². The first-order valence-electron chi connectivity index (χ1n) is 11.1. The van der Waals surface area contributed by atoms with Crippen LogP contribution in [0.25, 0.3) is 21.8 Å². The maximum Gasteiger partial charge on any atom is 0.338 e. The van der Waals surface area contributed by atoms with Gasteiger partial charge in [-0.25, -0.2) is 4.79 Å². The van der Waals surface area contributed by atoms with Crippen LogP contribution in [0.15, 0.2) is 30.3 Å². The Morgan fingerprint density at radius 1 is 1.00 bits per heavy atom. The van der Waals surface area contributed by atoms with E-state index in [-0.39, 0.29) is 5.97 Å². The van der Waals surface area contributed by atoms with E-state index in [1.165, 1.54) is 41.6 Å². The van der Waals surface area contributed by atoms with Crippen LogP contribution in [-0.4, -0.2) is 25.6 Å². The molecule has 1 aromatic heterocycles. The normalized spacial score (nSPS) is 12.0. The number of hydrogen-bond acceptors (Lipinski definition) is 2. The summed E-state index contributed by atoms with van der Waals surface area (Å²) in [6, 6.07) is 10.7. The minimum atomic E-state index is -1.75. The molecule has 3 aromatic rings. The van der Waals surface area contributed by atoms with Crippen LogP contribution < -0.4 is 5.19 Å². The molecule has 1 N–H and O–H groups in total. The number of aromatic nitrogens is 1. The zero-order valence-electron chi connectivity index (χ0n) is 18.7. The summed E-state index contributed by atoms with van der Waals surface area (Å²) in [6.45, 7) is 11.5. The summed E-state index contributed by atoms with van der Waals surface area (Å²) in [5, 5.41) is 3.70. The van der Waals surface area contributed by atoms with Gasteiger partial charge in [-0.2, -0.15) is 0 Å². The molecule has 3 nitrogen and oxygen atoms in total. The Morgan fingerprint density at radius 3 is 2.41 bits per heavy atom. The molecule has 1 heterocycles. The van der Waals surface area contributed by atoms with Crippen molar-refractivity contribution in [3.8, 4) is 0 Å². The molecule has 4 heteroatoms. The van der Waals surface area contributed by atoms with Gasteiger partial charge in [0, 0.05) is 16.3 Å². The highest BCUT2D eigenvalue weighted by atomic mass is 28.3. The molecule has 0 aliphatic carbocycles. The summed E-state index contributed by atoms with van der Waals surface area (Å²) in [5.74, 6) is -0.158. The van der Waals surface area contributed by atoms with E-state index in [2.05, 4.69) is 61.9 Å². The molecule has 0 spiro atoms. The largest absolute Gasteiger partial charge is 0.462 e. The Labute approximate surface area is 175 Å². The smallest absolute Gasteiger partial charge is 0.338 e. The second-order valence-electron chi connectivity index (χ2n) is 9.01. The van der Waals surface area contributed by atoms with E-state index in [0.29, 0.717) is 6.61 Å². The molecule has 0 saturated heterocycles. The summed E-state index contributed by atoms with van der Waals surface area (Å²) in [7, 11) is -1.75. The molecule has 0 saturated carbocycles. The fourth-order valence-corrected chi connectivity index (χ4v) is 5.82. The third kappa shape index (κ3) is 4.58. The van der Waals surface area contributed by atoms with Gasteiger partial charge in [0.05, 0.1) is 25.8 Å². The van der Waals surface area contributed by atoms with Crippen molar-refractivity contribution in [1.29, 1.82) is 0 Å². The minimum Gasteiger partial charge on any atom is -0.462 e. The lowest BCUT2D eigenvalue weighted by Gasteiger charge is -2.23. The predicted octanol–water partition coefficient (Wildman–Crippen LogP) is 6.56. The number of fused-ring (bicyclic) bond motifs is 3. The van der Waals surface area contributed by atoms with Crippen molar-refractivity contribution in [2.75, 3.05) is 6.61 Å². The van der Waals surface area contributed by atoms with E-state index in [1.54, 1.807) is 0 Å². The molecule has 0 bridgehead atoms. The van der Waals surface area contributed by atoms with Gasteiger partial charge in [-0.3, -0.25) is 0 Å². The summed E-state index contributed by atoms with van der Waals surface area (Å²) in [4.78, 5) is 16.7. The number of aromatic amines is 1. The number of benzene rings is 2. The van der Waals surface area contributed by atoms with Gasteiger partial charge in [0.15, 0.2) is 0 Å². The Morgan fingerprint density at radius 2 is 1.72 bits per heavy atom. The lowest BCUT2D eigenvalue weighted by molar-refractivity contribution is 0.0526. The standard InChI is InChI=1S/C25H35NO2Si/c1-6-8-9-10-11-15-19-23(25(27)28-7-2)22(29(3,4)5)17-20-18-14-12-13-16-21(18)26-24(19)20/h12-14,16-17,26H,6-11,15H2,1-5H3. The van der Waals surface area contributed by atoms with E-state index in [1.807, 2.05) is 6.92 Å². The van der Waals surface area contributed by atoms with Crippen molar-refractivity contribution in [3.63, 3.8) is 0 Å². The van der Waals surface area contributed by atoms with Gasteiger partial charge in [-0.15, -0.1) is 0 Å². The molecule has 2 aromatic carbocycles. The van der Waals surface area contributed by atoms with E-state index < -0.39 is 8.07 Å². The molecule has 3 rings (SSSR count). The van der Waals surface area contributed by atoms with Gasteiger partial charge in [0.25, 0.3) is 0 Å². The number of aryl methyl sites for hydroxylation is 1. The number of nitrogens with one attached hydrogen (secondary N) is 1. The maximum atomic E-state index is 13.1. The average Bonchev–Trinajstić information content (AvgIpc) is 3.05. The number of carbonyl (C=O) groups is 1. The number of esters is 1. The van der Waals surface area contributed by atoms with Gasteiger partial charge in [0.2, 0.25) is 0 Å². The molecular formula is C25H35NO2Si.